The molecule has 0 spiro atoms. The van der Waals surface area contributed by atoms with Gasteiger partial charge in [-0.05, 0) is 42.1 Å². The lowest BCUT2D eigenvalue weighted by Crippen LogP contribution is -2.42. The summed E-state index contributed by atoms with van der Waals surface area (Å²) in [5, 5.41) is 10.8. The summed E-state index contributed by atoms with van der Waals surface area (Å²) in [5.41, 5.74) is 0.554. The van der Waals surface area contributed by atoms with Crippen LogP contribution in [-0.4, -0.2) is 32.0 Å². The number of nitrogens with one attached hydrogen (secondary N) is 3. The molecule has 0 fully saturated rings. The summed E-state index contributed by atoms with van der Waals surface area (Å²) in [6, 6.07) is 9.73. The molecule has 0 atom stereocenters. The number of carbonyl (C=O) groups excluding carboxylic acids is 1. The van der Waals surface area contributed by atoms with E-state index in [0.29, 0.717) is 11.6 Å². The van der Waals surface area contributed by atoms with Crippen LogP contribution in [0.3, 0.4) is 0 Å². The van der Waals surface area contributed by atoms with E-state index in [1.54, 1.807) is 18.4 Å². The fourth-order valence-corrected chi connectivity index (χ4v) is 2.59. The predicted octanol–water partition coefficient (Wildman–Crippen LogP) is 2.23. The molecule has 0 aliphatic heterocycles. The van der Waals surface area contributed by atoms with Crippen LogP contribution in [0.15, 0.2) is 46.8 Å². The first-order chi connectivity index (χ1) is 11.2. The van der Waals surface area contributed by atoms with Gasteiger partial charge >= 0.3 is 0 Å². The molecule has 1 amide bonds. The summed E-state index contributed by atoms with van der Waals surface area (Å²) in [6.45, 7) is 0.815. The Morgan fingerprint density at radius 3 is 2.65 bits per heavy atom. The van der Waals surface area contributed by atoms with E-state index in [0.717, 1.165) is 13.0 Å². The first-order valence-corrected chi connectivity index (χ1v) is 8.07. The number of anilines is 1. The Morgan fingerprint density at radius 2 is 2.00 bits per heavy atom. The van der Waals surface area contributed by atoms with Crippen molar-refractivity contribution in [2.45, 2.75) is 6.42 Å². The standard InChI is InChI=1S/C16H19FN4OS/c1-18-16(19-9-8-14-3-2-10-23-14)20-11-15(22)21-13-6-4-12(17)5-7-13/h2-7,10H,8-9,11H2,1H3,(H,21,22)(H2,18,19,20). The molecule has 3 N–H and O–H groups in total. The van der Waals surface area contributed by atoms with Gasteiger partial charge in [0.05, 0.1) is 6.54 Å². The van der Waals surface area contributed by atoms with Crippen molar-refractivity contribution in [2.24, 2.45) is 4.99 Å². The minimum atomic E-state index is -0.337. The van der Waals surface area contributed by atoms with E-state index in [4.69, 9.17) is 0 Å². The van der Waals surface area contributed by atoms with Gasteiger partial charge in [-0.3, -0.25) is 9.79 Å². The molecule has 2 rings (SSSR count). The van der Waals surface area contributed by atoms with Crippen molar-refractivity contribution in [3.8, 4) is 0 Å². The lowest BCUT2D eigenvalue weighted by Gasteiger charge is -2.11. The highest BCUT2D eigenvalue weighted by Crippen LogP contribution is 2.08. The number of guanidine groups is 1. The monoisotopic (exact) mass is 334 g/mol. The molecular formula is C16H19FN4OS. The van der Waals surface area contributed by atoms with Crippen LogP contribution in [0.25, 0.3) is 0 Å². The number of carbonyl (C=O) groups is 1. The van der Waals surface area contributed by atoms with Gasteiger partial charge in [0.25, 0.3) is 0 Å². The maximum Gasteiger partial charge on any atom is 0.243 e. The smallest absolute Gasteiger partial charge is 0.243 e. The van der Waals surface area contributed by atoms with Crippen LogP contribution in [0.2, 0.25) is 0 Å². The molecule has 0 unspecified atom stereocenters. The predicted molar refractivity (Wildman–Crippen MR) is 92.4 cm³/mol. The second-order valence-electron chi connectivity index (χ2n) is 4.74. The van der Waals surface area contributed by atoms with Crippen molar-refractivity contribution in [3.63, 3.8) is 0 Å². The van der Waals surface area contributed by atoms with E-state index < -0.39 is 0 Å². The van der Waals surface area contributed by atoms with Gasteiger partial charge in [-0.2, -0.15) is 0 Å². The third-order valence-electron chi connectivity index (χ3n) is 3.01. The van der Waals surface area contributed by atoms with Crippen LogP contribution in [0.4, 0.5) is 10.1 Å². The number of rotatable bonds is 6. The van der Waals surface area contributed by atoms with Gasteiger partial charge < -0.3 is 16.0 Å². The van der Waals surface area contributed by atoms with E-state index in [2.05, 4.69) is 27.0 Å². The zero-order valence-corrected chi connectivity index (χ0v) is 13.6. The maximum atomic E-state index is 12.8. The summed E-state index contributed by atoms with van der Waals surface area (Å²) in [5.74, 6) is 0.00472. The summed E-state index contributed by atoms with van der Waals surface area (Å²) >= 11 is 1.71. The molecule has 0 saturated carbocycles. The van der Waals surface area contributed by atoms with Crippen molar-refractivity contribution in [1.29, 1.82) is 0 Å². The molecular weight excluding hydrogens is 315 g/mol. The summed E-state index contributed by atoms with van der Waals surface area (Å²) in [7, 11) is 1.65. The second-order valence-corrected chi connectivity index (χ2v) is 5.77. The van der Waals surface area contributed by atoms with Gasteiger partial charge in [0, 0.05) is 24.2 Å². The van der Waals surface area contributed by atoms with Gasteiger partial charge in [-0.25, -0.2) is 4.39 Å². The summed E-state index contributed by atoms with van der Waals surface area (Å²) < 4.78 is 12.8. The fourth-order valence-electron chi connectivity index (χ4n) is 1.88. The van der Waals surface area contributed by atoms with Crippen LogP contribution < -0.4 is 16.0 Å². The molecule has 5 nitrogen and oxygen atoms in total. The number of benzene rings is 1. The first kappa shape index (κ1) is 17.0. The molecule has 23 heavy (non-hydrogen) atoms. The van der Waals surface area contributed by atoms with Gasteiger partial charge in [-0.15, -0.1) is 11.3 Å². The number of hydrogen-bond acceptors (Lipinski definition) is 3. The highest BCUT2D eigenvalue weighted by molar-refractivity contribution is 7.09. The number of amides is 1. The van der Waals surface area contributed by atoms with Crippen molar-refractivity contribution < 1.29 is 9.18 Å². The first-order valence-electron chi connectivity index (χ1n) is 7.19. The van der Waals surface area contributed by atoms with Crippen LogP contribution >= 0.6 is 11.3 Å². The Labute approximate surface area is 138 Å². The van der Waals surface area contributed by atoms with Crippen molar-refractivity contribution >= 4 is 28.9 Å². The zero-order valence-electron chi connectivity index (χ0n) is 12.8. The van der Waals surface area contributed by atoms with Gasteiger partial charge in [-0.1, -0.05) is 6.07 Å². The minimum Gasteiger partial charge on any atom is -0.356 e. The number of halogens is 1. The summed E-state index contributed by atoms with van der Waals surface area (Å²) in [6.07, 6.45) is 0.903. The Balaban J connectivity index is 1.69. The minimum absolute atomic E-state index is 0.0794. The Morgan fingerprint density at radius 1 is 1.22 bits per heavy atom. The van der Waals surface area contributed by atoms with Crippen LogP contribution in [-0.2, 0) is 11.2 Å². The average molecular weight is 334 g/mol. The quantitative estimate of drug-likeness (QED) is 0.561. The molecule has 1 aromatic carbocycles. The topological polar surface area (TPSA) is 65.5 Å². The highest BCUT2D eigenvalue weighted by Gasteiger charge is 2.04. The van der Waals surface area contributed by atoms with Crippen molar-refractivity contribution in [2.75, 3.05) is 25.5 Å². The zero-order chi connectivity index (χ0) is 16.5. The third-order valence-corrected chi connectivity index (χ3v) is 3.95. The lowest BCUT2D eigenvalue weighted by molar-refractivity contribution is -0.115. The lowest BCUT2D eigenvalue weighted by atomic mass is 10.3. The molecule has 0 aliphatic carbocycles. The average Bonchev–Trinajstić information content (AvgIpc) is 3.06. The molecule has 1 aromatic heterocycles. The van der Waals surface area contributed by atoms with Crippen LogP contribution in [0.1, 0.15) is 4.88 Å². The Hall–Kier alpha value is -2.41. The van der Waals surface area contributed by atoms with E-state index in [-0.39, 0.29) is 18.3 Å². The largest absolute Gasteiger partial charge is 0.356 e. The molecule has 0 aliphatic rings. The highest BCUT2D eigenvalue weighted by atomic mass is 32.1. The molecule has 0 radical (unpaired) electrons. The van der Waals surface area contributed by atoms with Crippen molar-refractivity contribution in [1.82, 2.24) is 10.6 Å². The van der Waals surface area contributed by atoms with E-state index in [1.807, 2.05) is 11.4 Å². The number of thiophene rings is 1. The van der Waals surface area contributed by atoms with Gasteiger partial charge in [0.1, 0.15) is 5.82 Å². The molecule has 122 valence electrons. The third kappa shape index (κ3) is 6.07. The molecule has 2 aromatic rings. The molecule has 1 heterocycles. The number of hydrogen-bond donors (Lipinski definition) is 3. The van der Waals surface area contributed by atoms with Crippen LogP contribution in [0, 0.1) is 5.82 Å². The van der Waals surface area contributed by atoms with Gasteiger partial charge in [0.15, 0.2) is 5.96 Å². The van der Waals surface area contributed by atoms with E-state index >= 15 is 0 Å². The van der Waals surface area contributed by atoms with E-state index in [1.165, 1.54) is 29.1 Å². The Kier molecular flexibility index (Phi) is 6.56. The molecule has 0 bridgehead atoms. The summed E-state index contributed by atoms with van der Waals surface area (Å²) in [4.78, 5) is 17.2. The number of nitrogens with zero attached hydrogens (tertiary/aromatic N) is 1. The molecule has 0 saturated heterocycles. The van der Waals surface area contributed by atoms with Gasteiger partial charge in [0.2, 0.25) is 5.91 Å². The number of aliphatic imine (C=N–C) groups is 1. The maximum absolute atomic E-state index is 12.8. The fraction of sp³-hybridized carbons (Fsp3) is 0.250. The van der Waals surface area contributed by atoms with E-state index in [9.17, 15) is 9.18 Å². The Bertz CT molecular complexity index is 641. The van der Waals surface area contributed by atoms with Crippen molar-refractivity contribution in [3.05, 3.63) is 52.5 Å². The second kappa shape index (κ2) is 8.89. The normalized spacial score (nSPS) is 11.1. The molecule has 7 heteroatoms. The SMILES string of the molecule is CN=C(NCCc1cccs1)NCC(=O)Nc1ccc(F)cc1. The van der Waals surface area contributed by atoms with Crippen LogP contribution in [0.5, 0.6) is 0 Å².